The van der Waals surface area contributed by atoms with Gasteiger partial charge in [-0.2, -0.15) is 0 Å². The monoisotopic (exact) mass is 338 g/mol. The highest BCUT2D eigenvalue weighted by Crippen LogP contribution is 2.31. The highest BCUT2D eigenvalue weighted by Gasteiger charge is 2.31. The summed E-state index contributed by atoms with van der Waals surface area (Å²) in [5.74, 6) is 0.276. The van der Waals surface area contributed by atoms with Gasteiger partial charge in [-0.3, -0.25) is 9.78 Å². The molecule has 4 nitrogen and oxygen atoms in total. The number of hydrogen-bond acceptors (Lipinski definition) is 3. The average molecular weight is 338 g/mol. The number of amides is 1. The van der Waals surface area contributed by atoms with Gasteiger partial charge in [-0.15, -0.1) is 0 Å². The van der Waals surface area contributed by atoms with Gasteiger partial charge in [-0.05, 0) is 43.9 Å². The third-order valence-corrected chi connectivity index (χ3v) is 4.90. The van der Waals surface area contributed by atoms with Crippen LogP contribution in [0.5, 0.6) is 0 Å². The zero-order valence-electron chi connectivity index (χ0n) is 15.0. The lowest BCUT2D eigenvalue weighted by Crippen LogP contribution is -2.41. The summed E-state index contributed by atoms with van der Waals surface area (Å²) in [6, 6.07) is 12.3. The van der Waals surface area contributed by atoms with Crippen LogP contribution >= 0.6 is 0 Å². The molecule has 1 aromatic heterocycles. The molecule has 0 N–H and O–H groups in total. The van der Waals surface area contributed by atoms with Crippen LogP contribution in [0.2, 0.25) is 0 Å². The lowest BCUT2D eigenvalue weighted by molar-refractivity contribution is -0.140. The predicted octanol–water partition coefficient (Wildman–Crippen LogP) is 3.75. The van der Waals surface area contributed by atoms with Crippen molar-refractivity contribution in [3.05, 3.63) is 65.5 Å². The molecule has 0 aliphatic carbocycles. The molecular formula is C21H26N2O2. The van der Waals surface area contributed by atoms with Crippen molar-refractivity contribution in [3.8, 4) is 0 Å². The Hall–Kier alpha value is -2.20. The summed E-state index contributed by atoms with van der Waals surface area (Å²) in [4.78, 5) is 19.5. The number of hydrogen-bond donors (Lipinski definition) is 0. The van der Waals surface area contributed by atoms with Crippen LogP contribution in [-0.4, -0.2) is 35.5 Å². The highest BCUT2D eigenvalue weighted by atomic mass is 16.5. The number of pyridine rings is 1. The van der Waals surface area contributed by atoms with Gasteiger partial charge in [-0.1, -0.05) is 35.9 Å². The maximum atomic E-state index is 13.2. The van der Waals surface area contributed by atoms with Gasteiger partial charge in [0.2, 0.25) is 5.91 Å². The smallest absolute Gasteiger partial charge is 0.226 e. The summed E-state index contributed by atoms with van der Waals surface area (Å²) in [7, 11) is 0. The van der Waals surface area contributed by atoms with E-state index in [2.05, 4.69) is 49.2 Å². The van der Waals surface area contributed by atoms with Crippen molar-refractivity contribution >= 4 is 5.91 Å². The van der Waals surface area contributed by atoms with E-state index < -0.39 is 0 Å². The standard InChI is InChI=1S/C21H26N2O2/c1-3-23(21(24)18-10-13-25-14-11-18)20(19-5-4-12-22-15-19)17-8-6-16(2)7-9-17/h4-9,12,15,18,20H,3,10-11,13-14H2,1-2H3/t20-/m1/s1. The van der Waals surface area contributed by atoms with Crippen LogP contribution in [0.4, 0.5) is 0 Å². The van der Waals surface area contributed by atoms with Crippen molar-refractivity contribution in [2.24, 2.45) is 5.92 Å². The zero-order valence-corrected chi connectivity index (χ0v) is 15.0. The molecule has 0 spiro atoms. The van der Waals surface area contributed by atoms with Crippen LogP contribution in [0.1, 0.15) is 42.5 Å². The maximum absolute atomic E-state index is 13.2. The van der Waals surface area contributed by atoms with E-state index in [1.165, 1.54) is 5.56 Å². The first-order valence-electron chi connectivity index (χ1n) is 9.05. The molecule has 1 aromatic carbocycles. The third-order valence-electron chi connectivity index (χ3n) is 4.90. The zero-order chi connectivity index (χ0) is 17.6. The number of carbonyl (C=O) groups excluding carboxylic acids is 1. The highest BCUT2D eigenvalue weighted by molar-refractivity contribution is 5.80. The second-order valence-corrected chi connectivity index (χ2v) is 6.61. The number of carbonyl (C=O) groups is 1. The predicted molar refractivity (Wildman–Crippen MR) is 98.2 cm³/mol. The SMILES string of the molecule is CCN(C(=O)C1CCOCC1)[C@H](c1ccc(C)cc1)c1cccnc1. The quantitative estimate of drug-likeness (QED) is 0.834. The lowest BCUT2D eigenvalue weighted by atomic mass is 9.93. The lowest BCUT2D eigenvalue weighted by Gasteiger charge is -2.35. The Morgan fingerprint density at radius 3 is 2.52 bits per heavy atom. The van der Waals surface area contributed by atoms with Gasteiger partial charge in [0.15, 0.2) is 0 Å². The maximum Gasteiger partial charge on any atom is 0.226 e. The first-order chi connectivity index (χ1) is 12.2. The summed E-state index contributed by atoms with van der Waals surface area (Å²) in [5.41, 5.74) is 3.39. The van der Waals surface area contributed by atoms with E-state index in [0.29, 0.717) is 19.8 Å². The Bertz CT molecular complexity index is 679. The minimum Gasteiger partial charge on any atom is -0.381 e. The molecule has 2 aromatic rings. The van der Waals surface area contributed by atoms with Crippen LogP contribution in [0, 0.1) is 12.8 Å². The molecule has 25 heavy (non-hydrogen) atoms. The van der Waals surface area contributed by atoms with Crippen molar-refractivity contribution < 1.29 is 9.53 Å². The minimum atomic E-state index is -0.102. The van der Waals surface area contributed by atoms with Gasteiger partial charge < -0.3 is 9.64 Å². The molecular weight excluding hydrogens is 312 g/mol. The summed E-state index contributed by atoms with van der Waals surface area (Å²) in [6.45, 7) is 6.15. The molecule has 0 radical (unpaired) electrons. The molecule has 0 saturated carbocycles. The molecule has 1 aliphatic heterocycles. The second-order valence-electron chi connectivity index (χ2n) is 6.61. The fraction of sp³-hybridized carbons (Fsp3) is 0.429. The number of benzene rings is 1. The van der Waals surface area contributed by atoms with Crippen molar-refractivity contribution in [2.45, 2.75) is 32.7 Å². The van der Waals surface area contributed by atoms with E-state index in [1.54, 1.807) is 6.20 Å². The van der Waals surface area contributed by atoms with Gasteiger partial charge in [-0.25, -0.2) is 0 Å². The van der Waals surface area contributed by atoms with E-state index in [1.807, 2.05) is 17.2 Å². The number of rotatable bonds is 5. The van der Waals surface area contributed by atoms with Crippen LogP contribution < -0.4 is 0 Å². The number of ether oxygens (including phenoxy) is 1. The Morgan fingerprint density at radius 2 is 1.92 bits per heavy atom. The van der Waals surface area contributed by atoms with Crippen molar-refractivity contribution in [3.63, 3.8) is 0 Å². The van der Waals surface area contributed by atoms with E-state index in [4.69, 9.17) is 4.74 Å². The number of nitrogens with zero attached hydrogens (tertiary/aromatic N) is 2. The van der Waals surface area contributed by atoms with Crippen LogP contribution in [0.15, 0.2) is 48.8 Å². The van der Waals surface area contributed by atoms with Crippen LogP contribution in [0.25, 0.3) is 0 Å². The Kier molecular flexibility index (Phi) is 5.82. The molecule has 0 unspecified atom stereocenters. The number of aryl methyl sites for hydroxylation is 1. The van der Waals surface area contributed by atoms with Gasteiger partial charge in [0.05, 0.1) is 6.04 Å². The van der Waals surface area contributed by atoms with Gasteiger partial charge >= 0.3 is 0 Å². The number of aromatic nitrogens is 1. The van der Waals surface area contributed by atoms with Crippen LogP contribution in [0.3, 0.4) is 0 Å². The molecule has 0 bridgehead atoms. The molecule has 3 rings (SSSR count). The summed E-state index contributed by atoms with van der Waals surface area (Å²) in [6.07, 6.45) is 5.25. The average Bonchev–Trinajstić information content (AvgIpc) is 2.68. The Labute approximate surface area is 149 Å². The summed E-state index contributed by atoms with van der Waals surface area (Å²) in [5, 5.41) is 0. The third kappa shape index (κ3) is 4.07. The molecule has 2 heterocycles. The van der Waals surface area contributed by atoms with E-state index in [9.17, 15) is 4.79 Å². The van der Waals surface area contributed by atoms with Crippen molar-refractivity contribution in [2.75, 3.05) is 19.8 Å². The topological polar surface area (TPSA) is 42.4 Å². The normalized spacial score (nSPS) is 16.4. The Balaban J connectivity index is 1.96. The largest absolute Gasteiger partial charge is 0.381 e. The van der Waals surface area contributed by atoms with Crippen molar-refractivity contribution in [1.82, 2.24) is 9.88 Å². The summed E-state index contributed by atoms with van der Waals surface area (Å²) < 4.78 is 5.43. The molecule has 132 valence electrons. The molecule has 1 aliphatic rings. The van der Waals surface area contributed by atoms with E-state index in [0.717, 1.165) is 24.0 Å². The fourth-order valence-corrected chi connectivity index (χ4v) is 3.48. The first kappa shape index (κ1) is 17.6. The van der Waals surface area contributed by atoms with E-state index >= 15 is 0 Å². The molecule has 1 saturated heterocycles. The van der Waals surface area contributed by atoms with Crippen molar-refractivity contribution in [1.29, 1.82) is 0 Å². The molecule has 1 fully saturated rings. The van der Waals surface area contributed by atoms with Gasteiger partial charge in [0.1, 0.15) is 0 Å². The molecule has 1 atom stereocenters. The van der Waals surface area contributed by atoms with Gasteiger partial charge in [0, 0.05) is 38.1 Å². The second kappa shape index (κ2) is 8.26. The molecule has 1 amide bonds. The summed E-state index contributed by atoms with van der Waals surface area (Å²) >= 11 is 0. The first-order valence-corrected chi connectivity index (χ1v) is 9.05. The fourth-order valence-electron chi connectivity index (χ4n) is 3.48. The van der Waals surface area contributed by atoms with Crippen LogP contribution in [-0.2, 0) is 9.53 Å². The minimum absolute atomic E-state index is 0.0540. The molecule has 4 heteroatoms. The van der Waals surface area contributed by atoms with E-state index in [-0.39, 0.29) is 17.9 Å². The Morgan fingerprint density at radius 1 is 1.20 bits per heavy atom. The van der Waals surface area contributed by atoms with Gasteiger partial charge in [0.25, 0.3) is 0 Å².